The Bertz CT molecular complexity index is 1270. The first-order chi connectivity index (χ1) is 18.3. The van der Waals surface area contributed by atoms with E-state index in [4.69, 9.17) is 20.4 Å². The average molecular weight is 530 g/mol. The van der Waals surface area contributed by atoms with Gasteiger partial charge in [-0.05, 0) is 18.9 Å². The summed E-state index contributed by atoms with van der Waals surface area (Å²) in [6.07, 6.45) is -1.95. The Morgan fingerprint density at radius 1 is 1.24 bits per heavy atom. The number of aliphatic hydroxyl groups is 2. The van der Waals surface area contributed by atoms with Gasteiger partial charge in [0.25, 0.3) is 0 Å². The number of nitrogens with two attached hydrogens (primary N) is 1. The highest BCUT2D eigenvalue weighted by Crippen LogP contribution is 2.44. The third-order valence-corrected chi connectivity index (χ3v) is 6.55. The molecule has 1 unspecified atom stereocenters. The van der Waals surface area contributed by atoms with Crippen LogP contribution in [0.25, 0.3) is 11.2 Å². The topological polar surface area (TPSA) is 198 Å². The molecule has 3 aromatic rings. The van der Waals surface area contributed by atoms with Crippen LogP contribution in [0.4, 0.5) is 5.82 Å². The number of carboxylic acids is 1. The number of benzene rings is 1. The molecule has 0 aliphatic carbocycles. The Labute approximate surface area is 218 Å². The molecule has 5 atom stereocenters. The van der Waals surface area contributed by atoms with E-state index in [1.54, 1.807) is 38.1 Å². The second-order valence-corrected chi connectivity index (χ2v) is 8.79. The van der Waals surface area contributed by atoms with Crippen molar-refractivity contribution in [1.29, 1.82) is 0 Å². The number of hydrogen-bond donors (Lipinski definition) is 5. The number of anilines is 1. The number of hydrogen-bond acceptors (Lipinski definition) is 11. The molecule has 1 amide bonds. The number of aromatic nitrogens is 4. The number of ether oxygens (including phenoxy) is 1. The quantitative estimate of drug-likeness (QED) is 0.119. The molecule has 1 aliphatic rings. The number of nitrogens with one attached hydrogen (secondary N) is 1. The maximum atomic E-state index is 12.3. The maximum absolute atomic E-state index is 12.3. The van der Waals surface area contributed by atoms with Crippen molar-refractivity contribution in [2.24, 2.45) is 0 Å². The van der Waals surface area contributed by atoms with Gasteiger partial charge in [-0.2, -0.15) is 5.48 Å². The van der Waals surface area contributed by atoms with E-state index in [-0.39, 0.29) is 24.4 Å². The Kier molecular flexibility index (Phi) is 8.18. The minimum absolute atomic E-state index is 0.0426. The molecule has 14 nitrogen and oxygen atoms in total. The van der Waals surface area contributed by atoms with Crippen molar-refractivity contribution < 1.29 is 34.5 Å². The van der Waals surface area contributed by atoms with Gasteiger partial charge in [-0.25, -0.2) is 15.0 Å². The van der Waals surface area contributed by atoms with Gasteiger partial charge in [0.05, 0.1) is 6.33 Å². The number of imidazole rings is 1. The number of aryl methyl sites for hydroxylation is 1. The second-order valence-electron chi connectivity index (χ2n) is 8.79. The lowest BCUT2D eigenvalue weighted by Crippen LogP contribution is -2.61. The SMILES string of the molecule is CCNOC(c1ccc(CCC(=O)O)cc1)([C@H]1O[C@@H](n2cnc3c(N)ncnc32)[C@H](O)[C@@H]1O)N(C=O)CC. The summed E-state index contributed by atoms with van der Waals surface area (Å²) in [6, 6.07) is 6.80. The number of carbonyl (C=O) groups excluding carboxylic acids is 1. The van der Waals surface area contributed by atoms with Gasteiger partial charge >= 0.3 is 5.97 Å². The summed E-state index contributed by atoms with van der Waals surface area (Å²) in [6.45, 7) is 4.05. The zero-order valence-corrected chi connectivity index (χ0v) is 21.0. The normalized spacial score (nSPS) is 22.8. The van der Waals surface area contributed by atoms with Gasteiger partial charge in [-0.3, -0.25) is 19.0 Å². The van der Waals surface area contributed by atoms with Crippen molar-refractivity contribution in [3.05, 3.63) is 48.0 Å². The molecule has 1 saturated heterocycles. The first-order valence-corrected chi connectivity index (χ1v) is 12.2. The molecular weight excluding hydrogens is 498 g/mol. The molecule has 6 N–H and O–H groups in total. The number of likely N-dealkylation sites (N-methyl/N-ethyl adjacent to an activating group) is 1. The molecule has 0 bridgehead atoms. The molecule has 3 heterocycles. The number of nitrogens with zero attached hydrogens (tertiary/aromatic N) is 5. The summed E-state index contributed by atoms with van der Waals surface area (Å²) >= 11 is 0. The lowest BCUT2D eigenvalue weighted by atomic mass is 9.90. The number of amides is 1. The molecule has 1 fully saturated rings. The second kappa shape index (κ2) is 11.4. The minimum Gasteiger partial charge on any atom is -0.481 e. The summed E-state index contributed by atoms with van der Waals surface area (Å²) in [5, 5.41) is 31.4. The summed E-state index contributed by atoms with van der Waals surface area (Å²) in [4.78, 5) is 43.1. The van der Waals surface area contributed by atoms with E-state index < -0.39 is 36.2 Å². The van der Waals surface area contributed by atoms with Gasteiger partial charge < -0.3 is 30.7 Å². The van der Waals surface area contributed by atoms with Crippen molar-refractivity contribution >= 4 is 29.4 Å². The van der Waals surface area contributed by atoms with Crippen LogP contribution in [0.3, 0.4) is 0 Å². The van der Waals surface area contributed by atoms with E-state index in [1.807, 2.05) is 0 Å². The molecule has 38 heavy (non-hydrogen) atoms. The number of fused-ring (bicyclic) bond motifs is 1. The van der Waals surface area contributed by atoms with Crippen LogP contribution < -0.4 is 11.2 Å². The van der Waals surface area contributed by atoms with Crippen LogP contribution in [0.1, 0.15) is 37.6 Å². The Morgan fingerprint density at radius 3 is 2.61 bits per heavy atom. The van der Waals surface area contributed by atoms with Crippen LogP contribution in [0, 0.1) is 0 Å². The molecule has 0 spiro atoms. The van der Waals surface area contributed by atoms with E-state index in [1.165, 1.54) is 22.1 Å². The van der Waals surface area contributed by atoms with Crippen LogP contribution in [0.5, 0.6) is 0 Å². The molecule has 1 aromatic carbocycles. The monoisotopic (exact) mass is 529 g/mol. The molecule has 14 heteroatoms. The van der Waals surface area contributed by atoms with Gasteiger partial charge in [0.1, 0.15) is 30.2 Å². The first kappa shape index (κ1) is 27.3. The van der Waals surface area contributed by atoms with E-state index >= 15 is 0 Å². The van der Waals surface area contributed by atoms with Gasteiger partial charge in [-0.1, -0.05) is 31.2 Å². The minimum atomic E-state index is -1.72. The zero-order chi connectivity index (χ0) is 27.4. The third-order valence-electron chi connectivity index (χ3n) is 6.55. The van der Waals surface area contributed by atoms with Crippen molar-refractivity contribution in [2.45, 2.75) is 57.0 Å². The Morgan fingerprint density at radius 2 is 1.97 bits per heavy atom. The van der Waals surface area contributed by atoms with Crippen LogP contribution in [0.15, 0.2) is 36.9 Å². The highest BCUT2D eigenvalue weighted by atomic mass is 16.7. The van der Waals surface area contributed by atoms with Crippen LogP contribution >= 0.6 is 0 Å². The van der Waals surface area contributed by atoms with E-state index in [0.29, 0.717) is 30.5 Å². The van der Waals surface area contributed by atoms with E-state index in [2.05, 4.69) is 20.4 Å². The fourth-order valence-corrected chi connectivity index (χ4v) is 4.67. The molecule has 2 aromatic heterocycles. The standard InChI is InChI=1S/C24H31N7O7/c1-3-29-38-24(30(4-2)13-32,15-8-5-14(6-9-15)7-10-16(33)34)20-18(35)19(36)23(37-20)31-12-28-17-21(25)26-11-27-22(17)31/h5-6,8-9,11-13,18-20,23,29,35-36H,3-4,7,10H2,1-2H3,(H,33,34)(H2,25,26,27)/t18-,19+,20-,23+,24?/m0/s1. The number of aliphatic hydroxyl groups excluding tert-OH is 2. The molecule has 1 aliphatic heterocycles. The van der Waals surface area contributed by atoms with Gasteiger partial charge in [0.15, 0.2) is 17.7 Å². The highest BCUT2D eigenvalue weighted by molar-refractivity contribution is 5.81. The van der Waals surface area contributed by atoms with Crippen molar-refractivity contribution in [1.82, 2.24) is 29.9 Å². The van der Waals surface area contributed by atoms with Crippen LogP contribution in [-0.2, 0) is 31.3 Å². The lowest BCUT2D eigenvalue weighted by Gasteiger charge is -2.45. The fraction of sp³-hybridized carbons (Fsp3) is 0.458. The van der Waals surface area contributed by atoms with E-state index in [9.17, 15) is 19.8 Å². The van der Waals surface area contributed by atoms with Crippen molar-refractivity contribution in [2.75, 3.05) is 18.8 Å². The molecule has 4 rings (SSSR count). The average Bonchev–Trinajstić information content (AvgIpc) is 3.47. The summed E-state index contributed by atoms with van der Waals surface area (Å²) in [5.41, 5.74) is 8.74. The largest absolute Gasteiger partial charge is 0.481 e. The molecular formula is C24H31N7O7. The maximum Gasteiger partial charge on any atom is 0.303 e. The van der Waals surface area contributed by atoms with Crippen LogP contribution in [-0.4, -0.2) is 83.5 Å². The first-order valence-electron chi connectivity index (χ1n) is 12.2. The predicted octanol–water partition coefficient (Wildman–Crippen LogP) is -0.0827. The molecule has 0 radical (unpaired) electrons. The summed E-state index contributed by atoms with van der Waals surface area (Å²) in [5.74, 6) is -0.775. The lowest BCUT2D eigenvalue weighted by molar-refractivity contribution is -0.265. The highest BCUT2D eigenvalue weighted by Gasteiger charge is 2.59. The van der Waals surface area contributed by atoms with Gasteiger partial charge in [0, 0.05) is 25.1 Å². The van der Waals surface area contributed by atoms with Crippen molar-refractivity contribution in [3.63, 3.8) is 0 Å². The smallest absolute Gasteiger partial charge is 0.303 e. The number of rotatable bonds is 12. The number of carbonyl (C=O) groups is 2. The van der Waals surface area contributed by atoms with Gasteiger partial charge in [0.2, 0.25) is 12.1 Å². The summed E-state index contributed by atoms with van der Waals surface area (Å²) in [7, 11) is 0. The number of nitrogen functional groups attached to an aromatic ring is 1. The fourth-order valence-electron chi connectivity index (χ4n) is 4.67. The Balaban J connectivity index is 1.79. The Hall–Kier alpha value is -3.69. The van der Waals surface area contributed by atoms with Crippen molar-refractivity contribution in [3.8, 4) is 0 Å². The van der Waals surface area contributed by atoms with E-state index in [0.717, 1.165) is 5.56 Å². The summed E-state index contributed by atoms with van der Waals surface area (Å²) < 4.78 is 7.70. The number of carboxylic acid groups (broad SMARTS) is 1. The molecule has 204 valence electrons. The third kappa shape index (κ3) is 4.79. The molecule has 0 saturated carbocycles. The number of aliphatic carboxylic acids is 1. The van der Waals surface area contributed by atoms with Gasteiger partial charge in [-0.15, -0.1) is 0 Å². The predicted molar refractivity (Wildman–Crippen MR) is 133 cm³/mol. The number of hydroxylamine groups is 1. The zero-order valence-electron chi connectivity index (χ0n) is 21.0. The van der Waals surface area contributed by atoms with Crippen LogP contribution in [0.2, 0.25) is 0 Å².